The quantitative estimate of drug-likeness (QED) is 0.607. The normalized spacial score (nSPS) is 12.0. The Kier molecular flexibility index (Phi) is 3.89. The second-order valence-corrected chi connectivity index (χ2v) is 13.4. The molecule has 0 amide bonds. The molecule has 4 heteroatoms. The first-order valence-corrected chi connectivity index (χ1v) is 11.3. The largest absolute Gasteiger partial charge is 0.158 e. The van der Waals surface area contributed by atoms with Gasteiger partial charge in [0.25, 0.3) is 0 Å². The van der Waals surface area contributed by atoms with Crippen LogP contribution in [0.2, 0.25) is 0 Å². The van der Waals surface area contributed by atoms with Crippen molar-refractivity contribution in [2.24, 2.45) is 0 Å². The second kappa shape index (κ2) is 5.38. The van der Waals surface area contributed by atoms with Crippen LogP contribution in [0.15, 0.2) is 36.4 Å². The molecule has 0 radical (unpaired) electrons. The molecule has 0 bridgehead atoms. The van der Waals surface area contributed by atoms with E-state index in [9.17, 15) is 0 Å². The van der Waals surface area contributed by atoms with E-state index in [4.69, 9.17) is 0 Å². The predicted octanol–water partition coefficient (Wildman–Crippen LogP) is 4.72. The molecule has 0 nitrogen and oxygen atoms in total. The number of rotatable bonds is 3. The van der Waals surface area contributed by atoms with Crippen LogP contribution in [0.5, 0.6) is 0 Å². The van der Waals surface area contributed by atoms with Gasteiger partial charge in [0.15, 0.2) is 13.9 Å². The van der Waals surface area contributed by atoms with Gasteiger partial charge in [-0.1, -0.05) is 0 Å². The first-order chi connectivity index (χ1) is 9.50. The zero-order valence-electron chi connectivity index (χ0n) is 12.1. The summed E-state index contributed by atoms with van der Waals surface area (Å²) in [6, 6.07) is 13.8. The second-order valence-electron chi connectivity index (χ2n) is 5.16. The Hall–Kier alpha value is -0.470. The van der Waals surface area contributed by atoms with Crippen LogP contribution in [0.25, 0.3) is 0 Å². The van der Waals surface area contributed by atoms with E-state index in [1.165, 1.54) is 14.6 Å². The molecule has 3 aromatic rings. The molecule has 0 spiro atoms. The van der Waals surface area contributed by atoms with Gasteiger partial charge in [-0.15, -0.1) is 34.0 Å². The van der Waals surface area contributed by atoms with Crippen molar-refractivity contribution in [1.29, 1.82) is 0 Å². The summed E-state index contributed by atoms with van der Waals surface area (Å²) < 4.78 is 4.66. The van der Waals surface area contributed by atoms with E-state index >= 15 is 0 Å². The highest BCUT2D eigenvalue weighted by molar-refractivity contribution is 8.03. The fourth-order valence-electron chi connectivity index (χ4n) is 2.31. The van der Waals surface area contributed by atoms with Gasteiger partial charge in [0.05, 0.1) is 6.66 Å². The van der Waals surface area contributed by atoms with Gasteiger partial charge >= 0.3 is 0 Å². The molecular formula is C16H18PS3+. The first kappa shape index (κ1) is 14.5. The summed E-state index contributed by atoms with van der Waals surface area (Å²) in [6.07, 6.45) is 0. The number of thiophene rings is 3. The molecular weight excluding hydrogens is 319 g/mol. The lowest BCUT2D eigenvalue weighted by molar-refractivity contribution is 1.64. The van der Waals surface area contributed by atoms with Gasteiger partial charge in [-0.3, -0.25) is 0 Å². The maximum Gasteiger partial charge on any atom is 0.158 e. The average Bonchev–Trinajstić information content (AvgIpc) is 3.10. The molecule has 0 saturated heterocycles. The Bertz CT molecular complexity index is 634. The molecule has 0 aliphatic rings. The minimum absolute atomic E-state index is 1.41. The Morgan fingerprint density at radius 2 is 0.900 bits per heavy atom. The fourth-order valence-corrected chi connectivity index (χ4v) is 11.7. The minimum atomic E-state index is -1.41. The molecule has 3 heterocycles. The molecule has 0 N–H and O–H groups in total. The summed E-state index contributed by atoms with van der Waals surface area (Å²) in [7, 11) is -1.41. The molecule has 0 fully saturated rings. The van der Waals surface area contributed by atoms with Crippen molar-refractivity contribution < 1.29 is 0 Å². The van der Waals surface area contributed by atoms with Crippen LogP contribution in [-0.2, 0) is 0 Å². The van der Waals surface area contributed by atoms with Crippen molar-refractivity contribution in [3.05, 3.63) is 51.0 Å². The van der Waals surface area contributed by atoms with Gasteiger partial charge in [-0.25, -0.2) is 0 Å². The van der Waals surface area contributed by atoms with Gasteiger partial charge in [0.1, 0.15) is 7.26 Å². The third kappa shape index (κ3) is 2.42. The Morgan fingerprint density at radius 1 is 0.600 bits per heavy atom. The highest BCUT2D eigenvalue weighted by Gasteiger charge is 2.44. The Morgan fingerprint density at radius 3 is 1.10 bits per heavy atom. The Balaban J connectivity index is 2.22. The van der Waals surface area contributed by atoms with Gasteiger partial charge in [-0.05, 0) is 57.2 Å². The van der Waals surface area contributed by atoms with Crippen LogP contribution in [0.4, 0.5) is 0 Å². The SMILES string of the molecule is Cc1ccc([P+](C)(c2ccc(C)s2)c2ccc(C)s2)s1. The number of aryl methyl sites for hydroxylation is 3. The summed E-state index contributed by atoms with van der Waals surface area (Å²) in [4.78, 5) is 4.23. The lowest BCUT2D eigenvalue weighted by Crippen LogP contribution is -2.25. The van der Waals surface area contributed by atoms with Crippen molar-refractivity contribution in [3.63, 3.8) is 0 Å². The molecule has 0 saturated carbocycles. The predicted molar refractivity (Wildman–Crippen MR) is 98.9 cm³/mol. The van der Waals surface area contributed by atoms with Gasteiger partial charge in [-0.2, -0.15) is 0 Å². The van der Waals surface area contributed by atoms with Gasteiger partial charge < -0.3 is 0 Å². The maximum atomic E-state index is 2.48. The summed E-state index contributed by atoms with van der Waals surface area (Å²) in [5.41, 5.74) is 0. The van der Waals surface area contributed by atoms with Crippen molar-refractivity contribution in [2.45, 2.75) is 20.8 Å². The van der Waals surface area contributed by atoms with Gasteiger partial charge in [0.2, 0.25) is 0 Å². The van der Waals surface area contributed by atoms with Crippen LogP contribution >= 0.6 is 41.3 Å². The third-order valence-electron chi connectivity index (χ3n) is 3.50. The van der Waals surface area contributed by atoms with Crippen molar-refractivity contribution in [2.75, 3.05) is 6.66 Å². The van der Waals surface area contributed by atoms with Crippen LogP contribution in [0, 0.1) is 20.8 Å². The van der Waals surface area contributed by atoms with E-state index in [2.05, 4.69) is 63.8 Å². The van der Waals surface area contributed by atoms with E-state index in [-0.39, 0.29) is 0 Å². The first-order valence-electron chi connectivity index (χ1n) is 6.57. The van der Waals surface area contributed by atoms with Crippen LogP contribution in [0.3, 0.4) is 0 Å². The topological polar surface area (TPSA) is 0 Å². The zero-order valence-corrected chi connectivity index (χ0v) is 15.5. The summed E-state index contributed by atoms with van der Waals surface area (Å²) >= 11 is 5.90. The van der Waals surface area contributed by atoms with Crippen LogP contribution < -0.4 is 13.9 Å². The van der Waals surface area contributed by atoms with Crippen molar-refractivity contribution in [1.82, 2.24) is 0 Å². The lowest BCUT2D eigenvalue weighted by Gasteiger charge is -2.17. The number of hydrogen-bond donors (Lipinski definition) is 0. The molecule has 0 aromatic carbocycles. The Labute approximate surface area is 133 Å². The molecule has 3 aromatic heterocycles. The zero-order chi connectivity index (χ0) is 14.3. The highest BCUT2D eigenvalue weighted by atomic mass is 32.1. The van der Waals surface area contributed by atoms with Crippen molar-refractivity contribution >= 4 is 55.1 Å². The molecule has 0 unspecified atom stereocenters. The molecule has 104 valence electrons. The number of hydrogen-bond acceptors (Lipinski definition) is 3. The molecule has 20 heavy (non-hydrogen) atoms. The summed E-state index contributed by atoms with van der Waals surface area (Å²) in [5.74, 6) is 0. The third-order valence-corrected chi connectivity index (χ3v) is 13.1. The summed E-state index contributed by atoms with van der Waals surface area (Å²) in [5, 5.41) is 0. The van der Waals surface area contributed by atoms with E-state index in [1.54, 1.807) is 13.9 Å². The monoisotopic (exact) mass is 337 g/mol. The molecule has 0 aliphatic carbocycles. The highest BCUT2D eigenvalue weighted by Crippen LogP contribution is 2.55. The smallest absolute Gasteiger partial charge is 0.104 e. The van der Waals surface area contributed by atoms with E-state index in [0.717, 1.165) is 0 Å². The minimum Gasteiger partial charge on any atom is -0.104 e. The maximum absolute atomic E-state index is 2.48. The molecule has 0 aliphatic heterocycles. The fraction of sp³-hybridized carbons (Fsp3) is 0.250. The van der Waals surface area contributed by atoms with Crippen LogP contribution in [0.1, 0.15) is 14.6 Å². The summed E-state index contributed by atoms with van der Waals surface area (Å²) in [6.45, 7) is 9.10. The lowest BCUT2D eigenvalue weighted by atomic mass is 10.5. The van der Waals surface area contributed by atoms with Gasteiger partial charge in [0, 0.05) is 14.6 Å². The standard InChI is InChI=1S/C16H18PS3/c1-11-5-8-14(18-11)17(4,15-9-6-12(2)19-15)16-10-7-13(3)20-16/h5-10H,1-4H3/q+1. The van der Waals surface area contributed by atoms with E-state index in [1.807, 2.05) is 34.0 Å². The van der Waals surface area contributed by atoms with Crippen molar-refractivity contribution in [3.8, 4) is 0 Å². The van der Waals surface area contributed by atoms with E-state index < -0.39 is 7.26 Å². The van der Waals surface area contributed by atoms with E-state index in [0.29, 0.717) is 0 Å². The molecule has 0 atom stereocenters. The molecule has 3 rings (SSSR count). The average molecular weight is 337 g/mol. The van der Waals surface area contributed by atoms with Crippen LogP contribution in [-0.4, -0.2) is 6.66 Å².